The minimum Gasteiger partial charge on any atom is -0.444 e. The molecule has 2 rings (SSSR count). The van der Waals surface area contributed by atoms with Gasteiger partial charge in [-0.15, -0.1) is 0 Å². The molecule has 2 N–H and O–H groups in total. The van der Waals surface area contributed by atoms with Gasteiger partial charge in [0.2, 0.25) is 0 Å². The van der Waals surface area contributed by atoms with Gasteiger partial charge in [0.1, 0.15) is 5.60 Å². The van der Waals surface area contributed by atoms with Gasteiger partial charge >= 0.3 is 6.09 Å². The number of benzene rings is 2. The maximum absolute atomic E-state index is 11.8. The highest BCUT2D eigenvalue weighted by Gasteiger charge is 2.22. The van der Waals surface area contributed by atoms with Crippen molar-refractivity contribution in [1.82, 2.24) is 5.32 Å². The maximum Gasteiger partial charge on any atom is 0.407 e. The second kappa shape index (κ2) is 7.49. The molecular formula is C20H25NO3. The molecule has 0 spiro atoms. The molecule has 0 aromatic heterocycles. The quantitative estimate of drug-likeness (QED) is 0.880. The number of carbonyl (C=O) groups is 1. The van der Waals surface area contributed by atoms with E-state index in [0.717, 1.165) is 16.7 Å². The molecule has 0 heterocycles. The van der Waals surface area contributed by atoms with E-state index in [1.165, 1.54) is 0 Å². The van der Waals surface area contributed by atoms with Crippen molar-refractivity contribution in [1.29, 1.82) is 0 Å². The normalized spacial score (nSPS) is 13.9. The van der Waals surface area contributed by atoms with Crippen LogP contribution in [-0.2, 0) is 4.74 Å². The monoisotopic (exact) mass is 327 g/mol. The van der Waals surface area contributed by atoms with Gasteiger partial charge in [-0.2, -0.15) is 0 Å². The average molecular weight is 327 g/mol. The first-order chi connectivity index (χ1) is 11.3. The standard InChI is InChI=1S/C20H25NO3/c1-14(21-19(23)24-20(2,3)4)18(22)17-12-10-16(11-13-17)15-8-6-5-7-9-15/h5-14,18,22H,1-4H3,(H,21,23)/t14-,18-/m1/s1. The third-order valence-electron chi connectivity index (χ3n) is 3.58. The fourth-order valence-corrected chi connectivity index (χ4v) is 2.36. The molecule has 0 unspecified atom stereocenters. The van der Waals surface area contributed by atoms with Gasteiger partial charge in [-0.3, -0.25) is 0 Å². The van der Waals surface area contributed by atoms with Gasteiger partial charge in [-0.05, 0) is 44.4 Å². The summed E-state index contributed by atoms with van der Waals surface area (Å²) in [7, 11) is 0. The molecule has 4 nitrogen and oxygen atoms in total. The van der Waals surface area contributed by atoms with Crippen LogP contribution in [0.5, 0.6) is 0 Å². The lowest BCUT2D eigenvalue weighted by Gasteiger charge is -2.24. The Morgan fingerprint density at radius 2 is 1.54 bits per heavy atom. The van der Waals surface area contributed by atoms with Gasteiger partial charge in [0.15, 0.2) is 0 Å². The molecule has 24 heavy (non-hydrogen) atoms. The Hall–Kier alpha value is -2.33. The van der Waals surface area contributed by atoms with E-state index < -0.39 is 23.8 Å². The van der Waals surface area contributed by atoms with E-state index in [2.05, 4.69) is 5.32 Å². The number of hydrogen-bond donors (Lipinski definition) is 2. The van der Waals surface area contributed by atoms with E-state index in [1.54, 1.807) is 27.7 Å². The molecule has 0 radical (unpaired) electrons. The molecule has 4 heteroatoms. The van der Waals surface area contributed by atoms with Crippen molar-refractivity contribution in [2.75, 3.05) is 0 Å². The predicted molar refractivity (Wildman–Crippen MR) is 95.7 cm³/mol. The SMILES string of the molecule is C[C@@H](NC(=O)OC(C)(C)C)[C@@H](O)c1ccc(-c2ccccc2)cc1. The zero-order valence-electron chi connectivity index (χ0n) is 14.6. The minimum atomic E-state index is -0.803. The number of nitrogens with one attached hydrogen (secondary N) is 1. The summed E-state index contributed by atoms with van der Waals surface area (Å²) in [6.07, 6.45) is -1.34. The molecule has 0 aliphatic heterocycles. The van der Waals surface area contributed by atoms with Gasteiger partial charge in [0.05, 0.1) is 12.1 Å². The molecule has 1 amide bonds. The third-order valence-corrected chi connectivity index (χ3v) is 3.58. The van der Waals surface area contributed by atoms with Crippen LogP contribution < -0.4 is 5.32 Å². The van der Waals surface area contributed by atoms with Crippen LogP contribution in [0.15, 0.2) is 54.6 Å². The fraction of sp³-hybridized carbons (Fsp3) is 0.350. The van der Waals surface area contributed by atoms with E-state index in [-0.39, 0.29) is 0 Å². The molecule has 0 aliphatic rings. The molecule has 128 valence electrons. The maximum atomic E-state index is 11.8. The Morgan fingerprint density at radius 3 is 2.08 bits per heavy atom. The highest BCUT2D eigenvalue weighted by atomic mass is 16.6. The molecule has 0 saturated carbocycles. The topological polar surface area (TPSA) is 58.6 Å². The number of hydrogen-bond acceptors (Lipinski definition) is 3. The van der Waals surface area contributed by atoms with Crippen molar-refractivity contribution in [3.8, 4) is 11.1 Å². The highest BCUT2D eigenvalue weighted by molar-refractivity contribution is 5.68. The number of amides is 1. The van der Waals surface area contributed by atoms with E-state index in [4.69, 9.17) is 4.74 Å². The van der Waals surface area contributed by atoms with Gasteiger partial charge in [0, 0.05) is 0 Å². The Kier molecular flexibility index (Phi) is 5.62. The summed E-state index contributed by atoms with van der Waals surface area (Å²) < 4.78 is 5.21. The van der Waals surface area contributed by atoms with Crippen LogP contribution in [0.25, 0.3) is 11.1 Å². The summed E-state index contributed by atoms with van der Waals surface area (Å²) in [6, 6.07) is 17.3. The van der Waals surface area contributed by atoms with E-state index in [0.29, 0.717) is 0 Å². The lowest BCUT2D eigenvalue weighted by atomic mass is 9.99. The van der Waals surface area contributed by atoms with Crippen LogP contribution in [0.1, 0.15) is 39.4 Å². The van der Waals surface area contributed by atoms with Crippen molar-refractivity contribution in [2.45, 2.75) is 45.4 Å². The predicted octanol–water partition coefficient (Wildman–Crippen LogP) is 4.30. The van der Waals surface area contributed by atoms with Crippen LogP contribution >= 0.6 is 0 Å². The second-order valence-electron chi connectivity index (χ2n) is 6.87. The number of rotatable bonds is 4. The largest absolute Gasteiger partial charge is 0.444 e. The summed E-state index contributed by atoms with van der Waals surface area (Å²) in [5, 5.41) is 13.1. The number of aliphatic hydroxyl groups is 1. The molecule has 0 bridgehead atoms. The Labute approximate surface area is 143 Å². The van der Waals surface area contributed by atoms with Gasteiger partial charge < -0.3 is 15.2 Å². The summed E-state index contributed by atoms with van der Waals surface area (Å²) in [6.45, 7) is 7.15. The van der Waals surface area contributed by atoms with Crippen LogP contribution in [0.3, 0.4) is 0 Å². The van der Waals surface area contributed by atoms with Gasteiger partial charge in [-0.1, -0.05) is 54.6 Å². The molecule has 0 fully saturated rings. The molecule has 0 aliphatic carbocycles. The molecular weight excluding hydrogens is 302 g/mol. The van der Waals surface area contributed by atoms with Crippen molar-refractivity contribution in [3.05, 3.63) is 60.2 Å². The second-order valence-corrected chi connectivity index (χ2v) is 6.87. The number of carbonyl (C=O) groups excluding carboxylic acids is 1. The molecule has 2 aromatic rings. The Bertz CT molecular complexity index is 660. The summed E-state index contributed by atoms with van der Waals surface area (Å²) >= 11 is 0. The van der Waals surface area contributed by atoms with E-state index >= 15 is 0 Å². The lowest BCUT2D eigenvalue weighted by molar-refractivity contribution is 0.0436. The molecule has 0 saturated heterocycles. The van der Waals surface area contributed by atoms with Gasteiger partial charge in [0.25, 0.3) is 0 Å². The van der Waals surface area contributed by atoms with Crippen molar-refractivity contribution >= 4 is 6.09 Å². The lowest BCUT2D eigenvalue weighted by Crippen LogP contribution is -2.40. The average Bonchev–Trinajstić information content (AvgIpc) is 2.53. The number of ether oxygens (including phenoxy) is 1. The van der Waals surface area contributed by atoms with Crippen LogP contribution in [0, 0.1) is 0 Å². The smallest absolute Gasteiger partial charge is 0.407 e. The summed E-state index contributed by atoms with van der Waals surface area (Å²) in [5.74, 6) is 0. The highest BCUT2D eigenvalue weighted by Crippen LogP contribution is 2.23. The van der Waals surface area contributed by atoms with Crippen LogP contribution in [0.2, 0.25) is 0 Å². The van der Waals surface area contributed by atoms with Crippen LogP contribution in [0.4, 0.5) is 4.79 Å². The number of aliphatic hydroxyl groups excluding tert-OH is 1. The van der Waals surface area contributed by atoms with E-state index in [9.17, 15) is 9.90 Å². The summed E-state index contributed by atoms with van der Waals surface area (Å²) in [5.41, 5.74) is 2.39. The zero-order chi connectivity index (χ0) is 17.7. The van der Waals surface area contributed by atoms with E-state index in [1.807, 2.05) is 54.6 Å². The Morgan fingerprint density at radius 1 is 1.00 bits per heavy atom. The first-order valence-electron chi connectivity index (χ1n) is 8.09. The molecule has 2 aromatic carbocycles. The fourth-order valence-electron chi connectivity index (χ4n) is 2.36. The van der Waals surface area contributed by atoms with Crippen molar-refractivity contribution in [2.24, 2.45) is 0 Å². The third kappa shape index (κ3) is 5.10. The summed E-state index contributed by atoms with van der Waals surface area (Å²) in [4.78, 5) is 11.8. The Balaban J connectivity index is 2.01. The molecule has 2 atom stereocenters. The van der Waals surface area contributed by atoms with Gasteiger partial charge in [-0.25, -0.2) is 4.79 Å². The van der Waals surface area contributed by atoms with Crippen molar-refractivity contribution in [3.63, 3.8) is 0 Å². The first-order valence-corrected chi connectivity index (χ1v) is 8.09. The number of alkyl carbamates (subject to hydrolysis) is 1. The van der Waals surface area contributed by atoms with Crippen LogP contribution in [-0.4, -0.2) is 22.8 Å². The first kappa shape index (κ1) is 18.0. The van der Waals surface area contributed by atoms with Crippen molar-refractivity contribution < 1.29 is 14.6 Å². The zero-order valence-corrected chi connectivity index (χ0v) is 14.6. The minimum absolute atomic E-state index is 0.456.